The molecule has 0 saturated carbocycles. The summed E-state index contributed by atoms with van der Waals surface area (Å²) in [5.41, 5.74) is 2.57. The zero-order valence-corrected chi connectivity index (χ0v) is 28.0. The van der Waals surface area contributed by atoms with Gasteiger partial charge in [0.25, 0.3) is 11.5 Å². The van der Waals surface area contributed by atoms with Gasteiger partial charge >= 0.3 is 5.97 Å². The number of benzene rings is 3. The Labute approximate surface area is 282 Å². The average Bonchev–Trinajstić information content (AvgIpc) is 3.76. The van der Waals surface area contributed by atoms with Crippen LogP contribution in [0, 0.1) is 0 Å². The number of esters is 1. The van der Waals surface area contributed by atoms with Crippen LogP contribution in [0.4, 0.5) is 0 Å². The van der Waals surface area contributed by atoms with Gasteiger partial charge in [-0.3, -0.25) is 14.2 Å². The molecule has 10 nitrogen and oxygen atoms in total. The molecule has 0 spiro atoms. The van der Waals surface area contributed by atoms with Gasteiger partial charge in [0.15, 0.2) is 22.9 Å². The fourth-order valence-electron chi connectivity index (χ4n) is 5.89. The van der Waals surface area contributed by atoms with Gasteiger partial charge in [0.1, 0.15) is 5.75 Å². The largest absolute Gasteiger partial charge is 0.497 e. The van der Waals surface area contributed by atoms with E-state index in [1.807, 2.05) is 60.4 Å². The number of methoxy groups -OCH3 is 1. The molecule has 11 heteroatoms. The van der Waals surface area contributed by atoms with Crippen molar-refractivity contribution in [1.82, 2.24) is 9.47 Å². The van der Waals surface area contributed by atoms with Gasteiger partial charge in [-0.15, -0.1) is 0 Å². The summed E-state index contributed by atoms with van der Waals surface area (Å²) in [5, 5.41) is 0. The number of nitrogens with zero attached hydrogens (tertiary/aromatic N) is 3. The molecule has 48 heavy (non-hydrogen) atoms. The van der Waals surface area contributed by atoms with Crippen LogP contribution in [0.2, 0.25) is 0 Å². The summed E-state index contributed by atoms with van der Waals surface area (Å²) >= 11 is 1.24. The first-order valence-electron chi connectivity index (χ1n) is 16.0. The SMILES string of the molecule is CCOC(=O)C1=C(c2ccccc2)N=c2s/c(=C/c3ccc(OCC(=O)N4CCCC4)c(OCC)c3)c(=O)n2[C@@H]1c1ccc(OC)cc1. The predicted molar refractivity (Wildman–Crippen MR) is 183 cm³/mol. The van der Waals surface area contributed by atoms with Crippen molar-refractivity contribution in [3.8, 4) is 17.2 Å². The van der Waals surface area contributed by atoms with Crippen LogP contribution in [0.1, 0.15) is 49.4 Å². The van der Waals surface area contributed by atoms with Gasteiger partial charge in [-0.2, -0.15) is 0 Å². The smallest absolute Gasteiger partial charge is 0.338 e. The average molecular weight is 668 g/mol. The molecule has 0 aliphatic carbocycles. The van der Waals surface area contributed by atoms with Crippen LogP contribution in [0.3, 0.4) is 0 Å². The molecule has 0 bridgehead atoms. The maximum Gasteiger partial charge on any atom is 0.338 e. The van der Waals surface area contributed by atoms with Gasteiger partial charge in [-0.25, -0.2) is 9.79 Å². The second kappa shape index (κ2) is 14.7. The lowest BCUT2D eigenvalue weighted by atomic mass is 9.93. The summed E-state index contributed by atoms with van der Waals surface area (Å²) < 4.78 is 24.7. The highest BCUT2D eigenvalue weighted by Gasteiger charge is 2.35. The Morgan fingerprint density at radius 1 is 0.938 bits per heavy atom. The van der Waals surface area contributed by atoms with E-state index in [1.54, 1.807) is 48.9 Å². The van der Waals surface area contributed by atoms with Gasteiger partial charge in [-0.05, 0) is 68.2 Å². The molecule has 0 radical (unpaired) electrons. The second-order valence-corrected chi connectivity index (χ2v) is 12.2. The lowest BCUT2D eigenvalue weighted by Gasteiger charge is -2.26. The van der Waals surface area contributed by atoms with Crippen molar-refractivity contribution in [2.75, 3.05) is 40.0 Å². The summed E-state index contributed by atoms with van der Waals surface area (Å²) in [5.74, 6) is 0.974. The Balaban J connectivity index is 1.45. The third-order valence-corrected chi connectivity index (χ3v) is 9.16. The minimum absolute atomic E-state index is 0.0522. The van der Waals surface area contributed by atoms with Gasteiger partial charge in [0.2, 0.25) is 0 Å². The maximum absolute atomic E-state index is 14.3. The monoisotopic (exact) mass is 667 g/mol. The standard InChI is InChI=1S/C37H37N3O7S/c1-4-45-29-21-24(13-18-28(29)47-23-31(41)39-19-9-10-20-39)22-30-35(42)40-34(26-14-16-27(44-3)17-15-26)32(36(43)46-5-2)33(38-37(40)48-30)25-11-7-6-8-12-25/h6-8,11-18,21-22,34H,4-5,9-10,19-20,23H2,1-3H3/b30-22+/t34-/m1/s1. The Kier molecular flexibility index (Phi) is 10.1. The number of aromatic nitrogens is 1. The molecule has 3 aromatic carbocycles. The summed E-state index contributed by atoms with van der Waals surface area (Å²) in [7, 11) is 1.58. The van der Waals surface area contributed by atoms with E-state index in [1.165, 1.54) is 11.3 Å². The van der Waals surface area contributed by atoms with Crippen molar-refractivity contribution in [3.05, 3.63) is 115 Å². The zero-order valence-electron chi connectivity index (χ0n) is 27.1. The van der Waals surface area contributed by atoms with E-state index in [2.05, 4.69) is 0 Å². The Bertz CT molecular complexity index is 2010. The predicted octanol–water partition coefficient (Wildman–Crippen LogP) is 4.34. The molecule has 4 aromatic rings. The lowest BCUT2D eigenvalue weighted by molar-refractivity contribution is -0.139. The molecule has 2 aliphatic heterocycles. The normalized spacial score (nSPS) is 15.9. The number of likely N-dealkylation sites (tertiary alicyclic amines) is 1. The number of hydrogen-bond acceptors (Lipinski definition) is 9. The molecule has 1 fully saturated rings. The van der Waals surface area contributed by atoms with E-state index in [4.69, 9.17) is 23.9 Å². The Hall–Kier alpha value is -5.16. The van der Waals surface area contributed by atoms with E-state index >= 15 is 0 Å². The van der Waals surface area contributed by atoms with Crippen molar-refractivity contribution in [3.63, 3.8) is 0 Å². The number of hydrogen-bond donors (Lipinski definition) is 0. The van der Waals surface area contributed by atoms with E-state index in [9.17, 15) is 14.4 Å². The molecular weight excluding hydrogens is 630 g/mol. The number of fused-ring (bicyclic) bond motifs is 1. The fraction of sp³-hybridized carbons (Fsp3) is 0.297. The number of amides is 1. The van der Waals surface area contributed by atoms with E-state index in [-0.39, 0.29) is 30.3 Å². The summed E-state index contributed by atoms with van der Waals surface area (Å²) in [4.78, 5) is 47.7. The molecule has 0 N–H and O–H groups in total. The van der Waals surface area contributed by atoms with Gasteiger partial charge < -0.3 is 23.8 Å². The van der Waals surface area contributed by atoms with Gasteiger partial charge in [-0.1, -0.05) is 59.9 Å². The number of thiazole rings is 1. The zero-order chi connectivity index (χ0) is 33.6. The first-order valence-corrected chi connectivity index (χ1v) is 16.8. The van der Waals surface area contributed by atoms with E-state index < -0.39 is 12.0 Å². The molecule has 1 saturated heterocycles. The quantitative estimate of drug-likeness (QED) is 0.219. The van der Waals surface area contributed by atoms with Crippen LogP contribution in [0.5, 0.6) is 17.2 Å². The first kappa shape index (κ1) is 32.8. The molecule has 1 atom stereocenters. The minimum atomic E-state index is -0.800. The Morgan fingerprint density at radius 2 is 1.69 bits per heavy atom. The fourth-order valence-corrected chi connectivity index (χ4v) is 6.89. The van der Waals surface area contributed by atoms with Crippen molar-refractivity contribution >= 4 is 35.0 Å². The number of carbonyl (C=O) groups excluding carboxylic acids is 2. The summed E-state index contributed by atoms with van der Waals surface area (Å²) in [6.45, 7) is 5.61. The molecule has 0 unspecified atom stereocenters. The van der Waals surface area contributed by atoms with Crippen LogP contribution < -0.4 is 29.1 Å². The highest BCUT2D eigenvalue weighted by atomic mass is 32.1. The van der Waals surface area contributed by atoms with Gasteiger partial charge in [0, 0.05) is 18.7 Å². The summed E-state index contributed by atoms with van der Waals surface area (Å²) in [6, 6.07) is 21.3. The molecule has 1 aromatic heterocycles. The second-order valence-electron chi connectivity index (χ2n) is 11.2. The molecule has 6 rings (SSSR count). The minimum Gasteiger partial charge on any atom is -0.497 e. The highest BCUT2D eigenvalue weighted by molar-refractivity contribution is 7.07. The van der Waals surface area contributed by atoms with E-state index in [0.717, 1.165) is 31.5 Å². The topological polar surface area (TPSA) is 109 Å². The van der Waals surface area contributed by atoms with Crippen LogP contribution in [-0.2, 0) is 14.3 Å². The summed E-state index contributed by atoms with van der Waals surface area (Å²) in [6.07, 6.45) is 3.79. The number of ether oxygens (including phenoxy) is 4. The highest BCUT2D eigenvalue weighted by Crippen LogP contribution is 2.36. The number of rotatable bonds is 11. The molecule has 248 valence electrons. The van der Waals surface area contributed by atoms with Crippen LogP contribution in [-0.4, -0.2) is 61.4 Å². The van der Waals surface area contributed by atoms with Crippen molar-refractivity contribution in [1.29, 1.82) is 0 Å². The third kappa shape index (κ3) is 6.77. The molecule has 2 aliphatic rings. The lowest BCUT2D eigenvalue weighted by Crippen LogP contribution is -2.40. The van der Waals surface area contributed by atoms with Crippen molar-refractivity contribution in [2.24, 2.45) is 4.99 Å². The van der Waals surface area contributed by atoms with Crippen molar-refractivity contribution in [2.45, 2.75) is 32.7 Å². The molecule has 1 amide bonds. The number of carbonyl (C=O) groups is 2. The van der Waals surface area contributed by atoms with Crippen molar-refractivity contribution < 1.29 is 28.5 Å². The van der Waals surface area contributed by atoms with Crippen LogP contribution in [0.15, 0.2) is 88.2 Å². The van der Waals surface area contributed by atoms with E-state index in [0.29, 0.717) is 50.0 Å². The van der Waals surface area contributed by atoms with Crippen LogP contribution in [0.25, 0.3) is 11.8 Å². The third-order valence-electron chi connectivity index (χ3n) is 8.18. The maximum atomic E-state index is 14.3. The van der Waals surface area contributed by atoms with Gasteiger partial charge in [0.05, 0.1) is 42.2 Å². The first-order chi connectivity index (χ1) is 23.4. The molecule has 3 heterocycles. The Morgan fingerprint density at radius 3 is 2.38 bits per heavy atom. The molecular formula is C37H37N3O7S. The van der Waals surface area contributed by atoms with Crippen LogP contribution >= 0.6 is 11.3 Å².